The normalized spacial score (nSPS) is 13.8. The highest BCUT2D eigenvalue weighted by atomic mass is 31.2. The quantitative estimate of drug-likeness (QED) is 0.0265. The zero-order chi connectivity index (χ0) is 46.0. The van der Waals surface area contributed by atoms with E-state index in [9.17, 15) is 19.0 Å². The first-order valence-corrected chi connectivity index (χ1v) is 26.9. The van der Waals surface area contributed by atoms with Gasteiger partial charge in [0, 0.05) is 19.4 Å². The van der Waals surface area contributed by atoms with E-state index >= 15 is 0 Å². The second-order valence-electron chi connectivity index (χ2n) is 16.7. The molecular weight excluding hydrogens is 810 g/mol. The molecule has 0 spiro atoms. The van der Waals surface area contributed by atoms with Crippen LogP contribution in [-0.4, -0.2) is 49.3 Å². The lowest BCUT2D eigenvalue weighted by molar-refractivity contribution is -0.161. The van der Waals surface area contributed by atoms with E-state index in [1.807, 2.05) is 0 Å². The highest BCUT2D eigenvalue weighted by Crippen LogP contribution is 2.43. The average Bonchev–Trinajstić information content (AvgIpc) is 3.27. The molecule has 0 aliphatic heterocycles. The van der Waals surface area contributed by atoms with E-state index in [2.05, 4.69) is 86.8 Å². The Kier molecular flexibility index (Phi) is 46.9. The molecule has 0 aliphatic rings. The van der Waals surface area contributed by atoms with Crippen molar-refractivity contribution in [2.75, 3.05) is 26.4 Å². The molecule has 0 aromatic rings. The molecule has 0 heterocycles. The third kappa shape index (κ3) is 48.7. The number of hydrogen-bond donors (Lipinski definition) is 2. The van der Waals surface area contributed by atoms with Gasteiger partial charge in [-0.2, -0.15) is 0 Å². The molecule has 0 fully saturated rings. The van der Waals surface area contributed by atoms with Crippen LogP contribution in [0.4, 0.5) is 0 Å². The number of unbranched alkanes of at least 4 members (excludes halogenated alkanes) is 22. The van der Waals surface area contributed by atoms with Crippen molar-refractivity contribution in [2.24, 2.45) is 5.73 Å². The monoisotopic (exact) mass is 904 g/mol. The van der Waals surface area contributed by atoms with Gasteiger partial charge in [0.05, 0.1) is 13.2 Å². The van der Waals surface area contributed by atoms with E-state index in [0.29, 0.717) is 12.8 Å². The lowest BCUT2D eigenvalue weighted by Gasteiger charge is -2.19. The number of carbonyl (C=O) groups is 2. The third-order valence-corrected chi connectivity index (χ3v) is 11.6. The van der Waals surface area contributed by atoms with E-state index in [4.69, 9.17) is 24.3 Å². The third-order valence-electron chi connectivity index (χ3n) is 10.6. The fourth-order valence-corrected chi connectivity index (χ4v) is 7.61. The SMILES string of the molecule is CC/C=C/C/C=C/C/C=C/C/C=C/C/C=C/CCCCCC(=O)OC[C@H](COP(=O)(O)OCCN)OC(=O)CCC/C=C/CCCCCCCCCCCCCCCCCCCC. The molecular formula is C53H94NO8P. The summed E-state index contributed by atoms with van der Waals surface area (Å²) in [4.78, 5) is 35.0. The number of hydrogen-bond acceptors (Lipinski definition) is 8. The van der Waals surface area contributed by atoms with Gasteiger partial charge in [-0.15, -0.1) is 0 Å². The van der Waals surface area contributed by atoms with Crippen LogP contribution in [-0.2, 0) is 32.7 Å². The number of phosphoric ester groups is 1. The van der Waals surface area contributed by atoms with E-state index < -0.39 is 32.5 Å². The Morgan fingerprint density at radius 2 is 0.889 bits per heavy atom. The Morgan fingerprint density at radius 3 is 1.37 bits per heavy atom. The van der Waals surface area contributed by atoms with Gasteiger partial charge in [0.25, 0.3) is 0 Å². The number of rotatable bonds is 47. The predicted octanol–water partition coefficient (Wildman–Crippen LogP) is 15.4. The summed E-state index contributed by atoms with van der Waals surface area (Å²) in [6.07, 6.45) is 61.0. The predicted molar refractivity (Wildman–Crippen MR) is 266 cm³/mol. The molecule has 0 saturated heterocycles. The summed E-state index contributed by atoms with van der Waals surface area (Å²) in [6, 6.07) is 0. The Hall–Kier alpha value is -2.55. The van der Waals surface area contributed by atoms with Crippen LogP contribution in [0.5, 0.6) is 0 Å². The van der Waals surface area contributed by atoms with E-state index in [1.165, 1.54) is 116 Å². The molecule has 10 heteroatoms. The first-order chi connectivity index (χ1) is 30.8. The highest BCUT2D eigenvalue weighted by Gasteiger charge is 2.26. The maximum Gasteiger partial charge on any atom is 0.472 e. The van der Waals surface area contributed by atoms with Crippen molar-refractivity contribution in [3.63, 3.8) is 0 Å². The van der Waals surface area contributed by atoms with Gasteiger partial charge in [0.15, 0.2) is 6.10 Å². The highest BCUT2D eigenvalue weighted by molar-refractivity contribution is 7.47. The van der Waals surface area contributed by atoms with E-state index in [-0.39, 0.29) is 32.6 Å². The first-order valence-electron chi connectivity index (χ1n) is 25.4. The van der Waals surface area contributed by atoms with Crippen LogP contribution in [0.1, 0.15) is 219 Å². The van der Waals surface area contributed by atoms with E-state index in [0.717, 1.165) is 64.2 Å². The maximum atomic E-state index is 12.6. The molecule has 9 nitrogen and oxygen atoms in total. The van der Waals surface area contributed by atoms with Gasteiger partial charge in [-0.25, -0.2) is 4.57 Å². The van der Waals surface area contributed by atoms with Gasteiger partial charge < -0.3 is 20.1 Å². The molecule has 3 N–H and O–H groups in total. The second-order valence-corrected chi connectivity index (χ2v) is 18.1. The molecule has 0 aromatic heterocycles. The number of phosphoric acid groups is 1. The van der Waals surface area contributed by atoms with Crippen molar-refractivity contribution < 1.29 is 37.6 Å². The van der Waals surface area contributed by atoms with E-state index in [1.54, 1.807) is 0 Å². The van der Waals surface area contributed by atoms with Crippen LogP contribution in [0.2, 0.25) is 0 Å². The lowest BCUT2D eigenvalue weighted by Crippen LogP contribution is -2.29. The summed E-state index contributed by atoms with van der Waals surface area (Å²) in [5.41, 5.74) is 5.36. The average molecular weight is 904 g/mol. The van der Waals surface area contributed by atoms with Crippen LogP contribution in [0.15, 0.2) is 72.9 Å². The van der Waals surface area contributed by atoms with Crippen molar-refractivity contribution >= 4 is 19.8 Å². The Bertz CT molecular complexity index is 1260. The van der Waals surface area contributed by atoms with Gasteiger partial charge in [-0.1, -0.05) is 202 Å². The van der Waals surface area contributed by atoms with Crippen LogP contribution in [0.3, 0.4) is 0 Å². The van der Waals surface area contributed by atoms with Crippen LogP contribution in [0.25, 0.3) is 0 Å². The molecule has 364 valence electrons. The fourth-order valence-electron chi connectivity index (χ4n) is 6.84. The Labute approximate surface area is 386 Å². The number of ether oxygens (including phenoxy) is 2. The molecule has 63 heavy (non-hydrogen) atoms. The molecule has 0 bridgehead atoms. The number of carbonyl (C=O) groups excluding carboxylic acids is 2. The van der Waals surface area contributed by atoms with Gasteiger partial charge in [0.2, 0.25) is 0 Å². The molecule has 2 atom stereocenters. The Balaban J connectivity index is 4.13. The van der Waals surface area contributed by atoms with Gasteiger partial charge in [-0.3, -0.25) is 18.6 Å². The molecule has 0 radical (unpaired) electrons. The second kappa shape index (κ2) is 48.9. The minimum absolute atomic E-state index is 0.0419. The molecule has 0 rings (SSSR count). The summed E-state index contributed by atoms with van der Waals surface area (Å²) < 4.78 is 32.8. The zero-order valence-corrected chi connectivity index (χ0v) is 41.2. The van der Waals surface area contributed by atoms with Crippen molar-refractivity contribution in [3.05, 3.63) is 72.9 Å². The van der Waals surface area contributed by atoms with Crippen molar-refractivity contribution in [3.8, 4) is 0 Å². The van der Waals surface area contributed by atoms with Crippen molar-refractivity contribution in [1.82, 2.24) is 0 Å². The summed E-state index contributed by atoms with van der Waals surface area (Å²) in [5, 5.41) is 0. The van der Waals surface area contributed by atoms with Crippen LogP contribution >= 0.6 is 7.82 Å². The maximum absolute atomic E-state index is 12.6. The fraction of sp³-hybridized carbons (Fsp3) is 0.736. The first kappa shape index (κ1) is 60.5. The minimum atomic E-state index is -4.40. The van der Waals surface area contributed by atoms with Crippen LogP contribution in [0, 0.1) is 0 Å². The largest absolute Gasteiger partial charge is 0.472 e. The minimum Gasteiger partial charge on any atom is -0.462 e. The molecule has 0 aliphatic carbocycles. The summed E-state index contributed by atoms with van der Waals surface area (Å²) in [6.45, 7) is 3.57. The zero-order valence-electron chi connectivity index (χ0n) is 40.3. The summed E-state index contributed by atoms with van der Waals surface area (Å²) in [5.74, 6) is -0.903. The summed E-state index contributed by atoms with van der Waals surface area (Å²) >= 11 is 0. The Morgan fingerprint density at radius 1 is 0.492 bits per heavy atom. The lowest BCUT2D eigenvalue weighted by atomic mass is 10.0. The van der Waals surface area contributed by atoms with Crippen molar-refractivity contribution in [1.29, 1.82) is 0 Å². The van der Waals surface area contributed by atoms with Gasteiger partial charge >= 0.3 is 19.8 Å². The van der Waals surface area contributed by atoms with Crippen molar-refractivity contribution in [2.45, 2.75) is 225 Å². The molecule has 0 saturated carbocycles. The molecule has 0 aromatic carbocycles. The van der Waals surface area contributed by atoms with Crippen LogP contribution < -0.4 is 5.73 Å². The van der Waals surface area contributed by atoms with Gasteiger partial charge in [0.1, 0.15) is 6.61 Å². The number of allylic oxidation sites excluding steroid dienone is 12. The topological polar surface area (TPSA) is 134 Å². The number of nitrogens with two attached hydrogens (primary N) is 1. The standard InChI is InChI=1S/C53H94NO8P/c1-3-5-7-9-11-13-15-17-19-21-23-24-25-26-28-30-32-34-36-38-40-42-44-46-53(56)62-51(50-61-63(57,58)60-48-47-54)49-59-52(55)45-43-41-39-37-35-33-31-29-27-22-20-18-16-14-12-10-8-6-4-2/h6,8,12,14,18,20,27,29,33,35,38,40,51H,3-5,7,9-11,13,15-17,19,21-26,28,30-32,34,36-37,39,41-50,54H2,1-2H3,(H,57,58)/b8-6+,14-12+,20-18+,29-27+,35-33+,40-38+/t51-/m1/s1. The summed E-state index contributed by atoms with van der Waals surface area (Å²) in [7, 11) is -4.40. The smallest absolute Gasteiger partial charge is 0.462 e. The molecule has 1 unspecified atom stereocenters. The number of esters is 2. The molecule has 0 amide bonds. The van der Waals surface area contributed by atoms with Gasteiger partial charge in [-0.05, 0) is 77.0 Å².